The number of nitro groups is 1. The summed E-state index contributed by atoms with van der Waals surface area (Å²) >= 11 is 0. The Bertz CT molecular complexity index is 774. The zero-order valence-electron chi connectivity index (χ0n) is 10.4. The van der Waals surface area contributed by atoms with Gasteiger partial charge in [0.15, 0.2) is 0 Å². The number of rotatable bonds is 3. The third-order valence-corrected chi connectivity index (χ3v) is 3.20. The molecule has 20 heavy (non-hydrogen) atoms. The number of hydrogen-bond donors (Lipinski definition) is 1. The van der Waals surface area contributed by atoms with Crippen molar-refractivity contribution < 1.29 is 14.4 Å². The van der Waals surface area contributed by atoms with Gasteiger partial charge in [0.25, 0.3) is 5.69 Å². The maximum absolute atomic E-state index is 10.7. The number of non-ortho nitro benzene ring substituents is 1. The molecule has 0 radical (unpaired) electrons. The number of furan rings is 1. The van der Waals surface area contributed by atoms with E-state index in [0.717, 1.165) is 5.39 Å². The fourth-order valence-corrected chi connectivity index (χ4v) is 2.22. The molecule has 0 spiro atoms. The van der Waals surface area contributed by atoms with Crippen molar-refractivity contribution >= 4 is 16.7 Å². The lowest BCUT2D eigenvalue weighted by atomic mass is 10.1. The van der Waals surface area contributed by atoms with E-state index in [1.165, 1.54) is 12.1 Å². The van der Waals surface area contributed by atoms with Crippen LogP contribution in [-0.4, -0.2) is 10.0 Å². The van der Waals surface area contributed by atoms with Gasteiger partial charge in [-0.15, -0.1) is 0 Å². The smallest absolute Gasteiger partial charge is 0.269 e. The molecule has 1 aromatic heterocycles. The molecule has 0 unspecified atom stereocenters. The van der Waals surface area contributed by atoms with E-state index >= 15 is 0 Å². The van der Waals surface area contributed by atoms with Crippen molar-refractivity contribution in [1.82, 2.24) is 0 Å². The predicted molar refractivity (Wildman–Crippen MR) is 74.2 cm³/mol. The first kappa shape index (κ1) is 12.4. The molecule has 1 heterocycles. The molecule has 5 heteroatoms. The maximum Gasteiger partial charge on any atom is 0.269 e. The van der Waals surface area contributed by atoms with Gasteiger partial charge in [-0.05, 0) is 18.2 Å². The Hall–Kier alpha value is -2.66. The molecule has 0 amide bonds. The average molecular weight is 269 g/mol. The number of para-hydroxylation sites is 1. The van der Waals surface area contributed by atoms with E-state index in [0.29, 0.717) is 22.5 Å². The summed E-state index contributed by atoms with van der Waals surface area (Å²) in [6.45, 7) is -0.149. The Labute approximate surface area is 114 Å². The topological polar surface area (TPSA) is 76.5 Å². The lowest BCUT2D eigenvalue weighted by molar-refractivity contribution is -0.384. The summed E-state index contributed by atoms with van der Waals surface area (Å²) in [5.41, 5.74) is 2.10. The summed E-state index contributed by atoms with van der Waals surface area (Å²) in [4.78, 5) is 10.2. The molecule has 0 aliphatic carbocycles. The molecule has 2 aromatic carbocycles. The predicted octanol–water partition coefficient (Wildman–Crippen LogP) is 3.50. The van der Waals surface area contributed by atoms with E-state index in [4.69, 9.17) is 4.42 Å². The molecule has 3 aromatic rings. The van der Waals surface area contributed by atoms with Crippen LogP contribution in [0.4, 0.5) is 5.69 Å². The van der Waals surface area contributed by atoms with Crippen molar-refractivity contribution in [3.05, 3.63) is 64.2 Å². The van der Waals surface area contributed by atoms with Crippen LogP contribution in [0.2, 0.25) is 0 Å². The minimum atomic E-state index is -0.449. The standard InChI is InChI=1S/C15H11NO4/c17-9-13-12-3-1-2-4-14(12)20-15(13)10-5-7-11(8-6-10)16(18)19/h1-8,17H,9H2. The first-order valence-electron chi connectivity index (χ1n) is 6.07. The van der Waals surface area contributed by atoms with Gasteiger partial charge in [-0.25, -0.2) is 0 Å². The number of nitro benzene ring substituents is 1. The number of aliphatic hydroxyl groups is 1. The third kappa shape index (κ3) is 1.94. The second kappa shape index (κ2) is 4.79. The van der Waals surface area contributed by atoms with E-state index in [9.17, 15) is 15.2 Å². The second-order valence-electron chi connectivity index (χ2n) is 4.37. The molecule has 1 N–H and O–H groups in total. The van der Waals surface area contributed by atoms with Crippen molar-refractivity contribution in [2.75, 3.05) is 0 Å². The molecular formula is C15H11NO4. The highest BCUT2D eigenvalue weighted by Crippen LogP contribution is 2.34. The summed E-state index contributed by atoms with van der Waals surface area (Å²) in [7, 11) is 0. The average Bonchev–Trinajstić information content (AvgIpc) is 2.85. The normalized spacial score (nSPS) is 10.8. The van der Waals surface area contributed by atoms with Gasteiger partial charge in [0.1, 0.15) is 11.3 Å². The number of fused-ring (bicyclic) bond motifs is 1. The van der Waals surface area contributed by atoms with Gasteiger partial charge >= 0.3 is 0 Å². The van der Waals surface area contributed by atoms with Crippen LogP contribution in [0.3, 0.4) is 0 Å². The van der Waals surface area contributed by atoms with Crippen molar-refractivity contribution in [1.29, 1.82) is 0 Å². The first-order chi connectivity index (χ1) is 9.70. The third-order valence-electron chi connectivity index (χ3n) is 3.20. The number of hydrogen-bond acceptors (Lipinski definition) is 4. The Morgan fingerprint density at radius 2 is 1.80 bits per heavy atom. The van der Waals surface area contributed by atoms with Gasteiger partial charge in [0, 0.05) is 28.6 Å². The molecule has 0 aliphatic rings. The molecule has 3 rings (SSSR count). The Morgan fingerprint density at radius 1 is 1.10 bits per heavy atom. The van der Waals surface area contributed by atoms with Crippen molar-refractivity contribution in [2.24, 2.45) is 0 Å². The largest absolute Gasteiger partial charge is 0.456 e. The lowest BCUT2D eigenvalue weighted by Gasteiger charge is -2.00. The van der Waals surface area contributed by atoms with Crippen molar-refractivity contribution in [3.8, 4) is 11.3 Å². The summed E-state index contributed by atoms with van der Waals surface area (Å²) in [5, 5.41) is 21.0. The molecular weight excluding hydrogens is 258 g/mol. The lowest BCUT2D eigenvalue weighted by Crippen LogP contribution is -1.88. The van der Waals surface area contributed by atoms with Crippen LogP contribution in [0.5, 0.6) is 0 Å². The van der Waals surface area contributed by atoms with E-state index in [2.05, 4.69) is 0 Å². The van der Waals surface area contributed by atoms with Crippen LogP contribution in [0.1, 0.15) is 5.56 Å². The molecule has 0 bridgehead atoms. The van der Waals surface area contributed by atoms with E-state index in [-0.39, 0.29) is 12.3 Å². The van der Waals surface area contributed by atoms with Crippen LogP contribution >= 0.6 is 0 Å². The van der Waals surface area contributed by atoms with E-state index in [1.54, 1.807) is 12.1 Å². The minimum Gasteiger partial charge on any atom is -0.456 e. The van der Waals surface area contributed by atoms with Gasteiger partial charge in [-0.2, -0.15) is 0 Å². The van der Waals surface area contributed by atoms with Crippen molar-refractivity contribution in [2.45, 2.75) is 6.61 Å². The molecule has 0 saturated heterocycles. The van der Waals surface area contributed by atoms with Gasteiger partial charge in [-0.1, -0.05) is 18.2 Å². The molecule has 5 nitrogen and oxygen atoms in total. The van der Waals surface area contributed by atoms with Crippen LogP contribution < -0.4 is 0 Å². The van der Waals surface area contributed by atoms with Gasteiger partial charge in [-0.3, -0.25) is 10.1 Å². The van der Waals surface area contributed by atoms with E-state index < -0.39 is 4.92 Å². The van der Waals surface area contributed by atoms with Crippen LogP contribution in [-0.2, 0) is 6.61 Å². The zero-order chi connectivity index (χ0) is 14.1. The highest BCUT2D eigenvalue weighted by Gasteiger charge is 2.15. The van der Waals surface area contributed by atoms with Gasteiger partial charge in [0.2, 0.25) is 0 Å². The number of aliphatic hydroxyl groups excluding tert-OH is 1. The van der Waals surface area contributed by atoms with Crippen LogP contribution in [0, 0.1) is 10.1 Å². The monoisotopic (exact) mass is 269 g/mol. The quantitative estimate of drug-likeness (QED) is 0.583. The SMILES string of the molecule is O=[N+]([O-])c1ccc(-c2oc3ccccc3c2CO)cc1. The van der Waals surface area contributed by atoms with Gasteiger partial charge < -0.3 is 9.52 Å². The zero-order valence-corrected chi connectivity index (χ0v) is 10.4. The van der Waals surface area contributed by atoms with Crippen LogP contribution in [0.25, 0.3) is 22.3 Å². The van der Waals surface area contributed by atoms with E-state index in [1.807, 2.05) is 24.3 Å². The number of nitrogens with zero attached hydrogens (tertiary/aromatic N) is 1. The Balaban J connectivity index is 2.16. The van der Waals surface area contributed by atoms with Crippen LogP contribution in [0.15, 0.2) is 52.9 Å². The highest BCUT2D eigenvalue weighted by atomic mass is 16.6. The molecule has 100 valence electrons. The molecule has 0 aliphatic heterocycles. The summed E-state index contributed by atoms with van der Waals surface area (Å²) < 4.78 is 5.75. The Morgan fingerprint density at radius 3 is 2.45 bits per heavy atom. The summed E-state index contributed by atoms with van der Waals surface area (Å²) in [6.07, 6.45) is 0. The second-order valence-corrected chi connectivity index (χ2v) is 4.37. The van der Waals surface area contributed by atoms with Gasteiger partial charge in [0.05, 0.1) is 11.5 Å². The van der Waals surface area contributed by atoms with Crippen molar-refractivity contribution in [3.63, 3.8) is 0 Å². The molecule has 0 atom stereocenters. The number of benzene rings is 2. The minimum absolute atomic E-state index is 0.0235. The fraction of sp³-hybridized carbons (Fsp3) is 0.0667. The molecule has 0 fully saturated rings. The molecule has 0 saturated carbocycles. The highest BCUT2D eigenvalue weighted by molar-refractivity contribution is 5.87. The first-order valence-corrected chi connectivity index (χ1v) is 6.07. The Kier molecular flexibility index (Phi) is 2.96. The maximum atomic E-state index is 10.7. The summed E-state index contributed by atoms with van der Waals surface area (Å²) in [5.74, 6) is 0.545. The fourth-order valence-electron chi connectivity index (χ4n) is 2.22. The summed E-state index contributed by atoms with van der Waals surface area (Å²) in [6, 6.07) is 13.5.